The smallest absolute Gasteiger partial charge is 0.550 e. The molecule has 0 amide bonds. The van der Waals surface area contributed by atoms with Crippen LogP contribution in [-0.2, 0) is 9.59 Å². The minimum absolute atomic E-state index is 0. The van der Waals surface area contributed by atoms with E-state index < -0.39 is 11.9 Å². The van der Waals surface area contributed by atoms with Gasteiger partial charge in [-0.25, -0.2) is 0 Å². The topological polar surface area (TPSA) is 80.3 Å². The molecule has 4 nitrogen and oxygen atoms in total. The fourth-order valence-corrected chi connectivity index (χ4v) is 2.11. The van der Waals surface area contributed by atoms with Crippen LogP contribution in [0.5, 0.6) is 0 Å². The zero-order valence-corrected chi connectivity index (χ0v) is 19.2. The van der Waals surface area contributed by atoms with Gasteiger partial charge in [-0.2, -0.15) is 0 Å². The predicted octanol–water partition coefficient (Wildman–Crippen LogP) is 2.30. The minimum atomic E-state index is -0.918. The van der Waals surface area contributed by atoms with Crippen LogP contribution in [0.3, 0.4) is 0 Å². The van der Waals surface area contributed by atoms with Gasteiger partial charge in [-0.05, 0) is 37.5 Å². The van der Waals surface area contributed by atoms with Crippen molar-refractivity contribution in [1.29, 1.82) is 0 Å². The number of hydrogen-bond acceptors (Lipinski definition) is 4. The summed E-state index contributed by atoms with van der Waals surface area (Å²) >= 11 is 0. The molecule has 0 aliphatic carbocycles. The summed E-state index contributed by atoms with van der Waals surface area (Å²) in [4.78, 5) is 20.4. The van der Waals surface area contributed by atoms with Crippen molar-refractivity contribution in [2.75, 3.05) is 0 Å². The number of aliphatic carboxylic acids is 2. The number of carbonyl (C=O) groups excluding carboxylic acids is 2. The number of carbonyl (C=O) groups is 2. The second-order valence-corrected chi connectivity index (χ2v) is 6.29. The predicted molar refractivity (Wildman–Crippen MR) is 91.6 cm³/mol. The van der Waals surface area contributed by atoms with Crippen molar-refractivity contribution >= 4 is 39.2 Å². The number of hydrogen-bond donors (Lipinski definition) is 0. The minimum Gasteiger partial charge on any atom is -0.550 e. The number of unbranched alkanes of at least 4 members (excludes halogenated alkanes) is 4. The average molecular weight is 522 g/mol. The molecule has 1 atom stereocenters. The first kappa shape index (κ1) is 27.7. The Morgan fingerprint density at radius 3 is 1.83 bits per heavy atom. The van der Waals surface area contributed by atoms with Gasteiger partial charge in [0.2, 0.25) is 0 Å². The number of carboxylic acids is 2. The van der Waals surface area contributed by atoms with Crippen LogP contribution in [0.4, 0.5) is 0 Å². The van der Waals surface area contributed by atoms with Gasteiger partial charge in [0.25, 0.3) is 0 Å². The molecule has 0 N–H and O–H groups in total. The molecule has 0 bridgehead atoms. The van der Waals surface area contributed by atoms with E-state index in [0.717, 1.165) is 44.4 Å². The first-order valence-corrected chi connectivity index (χ1v) is 8.75. The zero-order chi connectivity index (χ0) is 17.4. The summed E-state index contributed by atoms with van der Waals surface area (Å²) in [6.07, 6.45) is 9.19. The van der Waals surface area contributed by atoms with Crippen LogP contribution < -0.4 is 10.2 Å². The van der Waals surface area contributed by atoms with E-state index >= 15 is 0 Å². The Labute approximate surface area is 162 Å². The second-order valence-electron chi connectivity index (χ2n) is 6.29. The Balaban J connectivity index is -0.000000338. The van der Waals surface area contributed by atoms with Crippen LogP contribution in [-0.4, -0.2) is 39.2 Å². The van der Waals surface area contributed by atoms with Gasteiger partial charge in [0.15, 0.2) is 0 Å². The second kappa shape index (κ2) is 19.9. The van der Waals surface area contributed by atoms with E-state index in [0.29, 0.717) is 6.42 Å². The normalized spacial score (nSPS) is 11.2. The summed E-state index contributed by atoms with van der Waals surface area (Å²) in [5.74, 6) is -1.26. The quantitative estimate of drug-likeness (QED) is 0.292. The van der Waals surface area contributed by atoms with Gasteiger partial charge in [-0.3, -0.25) is 0 Å². The third-order valence-corrected chi connectivity index (χ3v) is 3.64. The molecule has 5 heteroatoms. The van der Waals surface area contributed by atoms with E-state index in [2.05, 4.69) is 20.8 Å². The maximum Gasteiger partial charge on any atom is 2.00 e. The summed E-state index contributed by atoms with van der Waals surface area (Å²) in [5.41, 5.74) is 0. The van der Waals surface area contributed by atoms with E-state index in [-0.39, 0.29) is 39.6 Å². The molecule has 0 saturated heterocycles. The van der Waals surface area contributed by atoms with Crippen molar-refractivity contribution in [2.45, 2.75) is 91.9 Å². The van der Waals surface area contributed by atoms with Gasteiger partial charge in [0.05, 0.1) is 0 Å². The molecule has 1 unspecified atom stereocenters. The first-order chi connectivity index (χ1) is 10.3. The van der Waals surface area contributed by atoms with Crippen LogP contribution in [0.1, 0.15) is 91.9 Å². The SMILES string of the molecule is CC(C)CCCCCCC(=O)[O-].CCCCC(CC)C(=O)[O-].[Pb+2]. The third kappa shape index (κ3) is 24.2. The van der Waals surface area contributed by atoms with Crippen LogP contribution in [0.25, 0.3) is 0 Å². The Kier molecular flexibility index (Phi) is 24.0. The van der Waals surface area contributed by atoms with Crippen molar-refractivity contribution in [2.24, 2.45) is 11.8 Å². The first-order valence-electron chi connectivity index (χ1n) is 8.75. The van der Waals surface area contributed by atoms with Crippen molar-refractivity contribution in [3.05, 3.63) is 0 Å². The summed E-state index contributed by atoms with van der Waals surface area (Å²) < 4.78 is 0. The molecule has 23 heavy (non-hydrogen) atoms. The fourth-order valence-electron chi connectivity index (χ4n) is 2.11. The van der Waals surface area contributed by atoms with Crippen molar-refractivity contribution < 1.29 is 19.8 Å². The van der Waals surface area contributed by atoms with Crippen LogP contribution in [0, 0.1) is 11.8 Å². The summed E-state index contributed by atoms with van der Waals surface area (Å²) in [6, 6.07) is 0. The molecule has 134 valence electrons. The standard InChI is InChI=1S/C10H20O2.C8H16O2.Pb/c1-9(2)7-5-3-4-6-8-10(11)12;1-3-5-6-7(4-2)8(9)10;/h9H,3-8H2,1-2H3,(H,11,12);7H,3-6H2,1-2H3,(H,9,10);/q;;+2/p-2. The zero-order valence-electron chi connectivity index (χ0n) is 15.4. The molecule has 0 aromatic rings. The van der Waals surface area contributed by atoms with Gasteiger partial charge in [-0.15, -0.1) is 0 Å². The molecule has 0 rings (SSSR count). The Bertz CT molecular complexity index is 280. The average Bonchev–Trinajstić information content (AvgIpc) is 2.43. The molecule has 0 aliphatic rings. The Hall–Kier alpha value is -0.138. The van der Waals surface area contributed by atoms with E-state index in [1.807, 2.05) is 6.92 Å². The molecule has 0 heterocycles. The molecule has 0 saturated carbocycles. The fraction of sp³-hybridized carbons (Fsp3) is 0.889. The molecule has 0 aliphatic heterocycles. The largest absolute Gasteiger partial charge is 2.00 e. The van der Waals surface area contributed by atoms with Crippen LogP contribution in [0.15, 0.2) is 0 Å². The Morgan fingerprint density at radius 1 is 0.870 bits per heavy atom. The van der Waals surface area contributed by atoms with E-state index in [1.165, 1.54) is 12.8 Å². The molecule has 0 fully saturated rings. The van der Waals surface area contributed by atoms with Gasteiger partial charge in [0.1, 0.15) is 0 Å². The van der Waals surface area contributed by atoms with Gasteiger partial charge < -0.3 is 19.8 Å². The molecule has 0 aromatic heterocycles. The number of rotatable bonds is 12. The third-order valence-electron chi connectivity index (χ3n) is 3.64. The Morgan fingerprint density at radius 2 is 1.43 bits per heavy atom. The summed E-state index contributed by atoms with van der Waals surface area (Å²) in [5, 5.41) is 20.4. The summed E-state index contributed by atoms with van der Waals surface area (Å²) in [7, 11) is 0. The van der Waals surface area contributed by atoms with E-state index in [1.54, 1.807) is 0 Å². The van der Waals surface area contributed by atoms with Crippen molar-refractivity contribution in [3.8, 4) is 0 Å². The van der Waals surface area contributed by atoms with Gasteiger partial charge >= 0.3 is 27.3 Å². The summed E-state index contributed by atoms with van der Waals surface area (Å²) in [6.45, 7) is 8.36. The molecular formula is C18H34O4Pb. The van der Waals surface area contributed by atoms with Crippen molar-refractivity contribution in [1.82, 2.24) is 0 Å². The van der Waals surface area contributed by atoms with Gasteiger partial charge in [0, 0.05) is 11.9 Å². The van der Waals surface area contributed by atoms with E-state index in [9.17, 15) is 19.8 Å². The van der Waals surface area contributed by atoms with E-state index in [4.69, 9.17) is 0 Å². The number of carboxylic acid groups (broad SMARTS) is 2. The maximum absolute atomic E-state index is 10.3. The van der Waals surface area contributed by atoms with Crippen LogP contribution >= 0.6 is 0 Å². The maximum atomic E-state index is 10.3. The molecule has 0 spiro atoms. The van der Waals surface area contributed by atoms with Crippen molar-refractivity contribution in [3.63, 3.8) is 0 Å². The molecule has 0 aromatic carbocycles. The van der Waals surface area contributed by atoms with Crippen LogP contribution in [0.2, 0.25) is 0 Å². The monoisotopic (exact) mass is 522 g/mol. The molecule has 2 radical (unpaired) electrons. The molecular weight excluding hydrogens is 487 g/mol. The van der Waals surface area contributed by atoms with Gasteiger partial charge in [-0.1, -0.05) is 66.2 Å².